The Labute approximate surface area is 204 Å². The van der Waals surface area contributed by atoms with Crippen molar-refractivity contribution in [2.75, 3.05) is 13.1 Å². The highest BCUT2D eigenvalue weighted by Crippen LogP contribution is 2.35. The zero-order chi connectivity index (χ0) is 24.4. The molecule has 0 saturated carbocycles. The van der Waals surface area contributed by atoms with Crippen LogP contribution >= 0.6 is 0 Å². The minimum absolute atomic E-state index is 0.0125. The first-order valence-electron chi connectivity index (χ1n) is 12.3. The van der Waals surface area contributed by atoms with Gasteiger partial charge < -0.3 is 14.8 Å². The SMILES string of the molecule is Cc1nc2ccccc2n1CCC(=O)N1CCC(C2(CCc3ccccc3)NC(=O)NC2=O)CC1. The Morgan fingerprint density at radius 1 is 1.06 bits per heavy atom. The number of aromatic nitrogens is 2. The maximum Gasteiger partial charge on any atom is 0.322 e. The lowest BCUT2D eigenvalue weighted by atomic mass is 9.74. The molecule has 0 bridgehead atoms. The number of aryl methyl sites for hydroxylation is 3. The number of imidazole rings is 1. The monoisotopic (exact) mass is 473 g/mol. The average molecular weight is 474 g/mol. The molecule has 2 aliphatic heterocycles. The van der Waals surface area contributed by atoms with Gasteiger partial charge in [-0.25, -0.2) is 9.78 Å². The number of urea groups is 1. The van der Waals surface area contributed by atoms with Gasteiger partial charge in [0.2, 0.25) is 5.91 Å². The van der Waals surface area contributed by atoms with Gasteiger partial charge in [-0.2, -0.15) is 0 Å². The molecule has 4 amide bonds. The van der Waals surface area contributed by atoms with Crippen LogP contribution in [0.1, 0.15) is 37.1 Å². The van der Waals surface area contributed by atoms with Crippen LogP contribution in [-0.4, -0.2) is 50.9 Å². The highest BCUT2D eigenvalue weighted by atomic mass is 16.2. The first-order chi connectivity index (χ1) is 17.0. The second-order valence-corrected chi connectivity index (χ2v) is 9.57. The lowest BCUT2D eigenvalue weighted by Crippen LogP contribution is -2.56. The van der Waals surface area contributed by atoms with E-state index >= 15 is 0 Å². The van der Waals surface area contributed by atoms with Crippen molar-refractivity contribution in [3.8, 4) is 0 Å². The summed E-state index contributed by atoms with van der Waals surface area (Å²) in [6.07, 6.45) is 3.01. The molecular weight excluding hydrogens is 442 g/mol. The molecule has 1 aromatic heterocycles. The predicted molar refractivity (Wildman–Crippen MR) is 133 cm³/mol. The second-order valence-electron chi connectivity index (χ2n) is 9.57. The molecule has 2 aliphatic rings. The van der Waals surface area contributed by atoms with E-state index in [1.165, 1.54) is 0 Å². The van der Waals surface area contributed by atoms with Gasteiger partial charge in [0.05, 0.1) is 11.0 Å². The second kappa shape index (κ2) is 9.52. The minimum atomic E-state index is -0.922. The number of fused-ring (bicyclic) bond motifs is 1. The number of amides is 4. The summed E-state index contributed by atoms with van der Waals surface area (Å²) in [5, 5.41) is 5.41. The van der Waals surface area contributed by atoms with Gasteiger partial charge in [-0.15, -0.1) is 0 Å². The van der Waals surface area contributed by atoms with Crippen molar-refractivity contribution in [1.82, 2.24) is 25.1 Å². The van der Waals surface area contributed by atoms with E-state index in [0.29, 0.717) is 51.7 Å². The number of hydrogen-bond donors (Lipinski definition) is 2. The minimum Gasteiger partial charge on any atom is -0.343 e. The zero-order valence-electron chi connectivity index (χ0n) is 20.0. The maximum atomic E-state index is 13.0. The highest BCUT2D eigenvalue weighted by molar-refractivity contribution is 6.07. The standard InChI is InChI=1S/C27H31N5O3/c1-19-28-22-9-5-6-10-23(22)32(19)18-14-24(33)31-16-12-21(13-17-31)27(25(34)29-26(35)30-27)15-11-20-7-3-2-4-8-20/h2-10,21H,11-18H2,1H3,(H2,29,30,34,35). The Hall–Kier alpha value is -3.68. The Morgan fingerprint density at radius 3 is 2.49 bits per heavy atom. The molecule has 2 aromatic carbocycles. The van der Waals surface area contributed by atoms with Crippen LogP contribution in [0, 0.1) is 12.8 Å². The molecule has 0 radical (unpaired) electrons. The van der Waals surface area contributed by atoms with E-state index in [2.05, 4.69) is 20.2 Å². The first kappa shape index (κ1) is 23.1. The van der Waals surface area contributed by atoms with Gasteiger partial charge in [0, 0.05) is 26.1 Å². The number of para-hydroxylation sites is 2. The number of rotatable bonds is 7. The zero-order valence-corrected chi connectivity index (χ0v) is 20.0. The summed E-state index contributed by atoms with van der Waals surface area (Å²) in [4.78, 5) is 44.5. The molecule has 1 atom stereocenters. The van der Waals surface area contributed by atoms with E-state index in [0.717, 1.165) is 22.4 Å². The number of benzene rings is 2. The molecule has 3 heterocycles. The third-order valence-electron chi connectivity index (χ3n) is 7.56. The van der Waals surface area contributed by atoms with Crippen molar-refractivity contribution in [3.63, 3.8) is 0 Å². The molecule has 35 heavy (non-hydrogen) atoms. The van der Waals surface area contributed by atoms with Crippen molar-refractivity contribution in [3.05, 3.63) is 66.0 Å². The smallest absolute Gasteiger partial charge is 0.322 e. The molecule has 5 rings (SSSR count). The van der Waals surface area contributed by atoms with Crippen LogP contribution in [-0.2, 0) is 22.6 Å². The maximum absolute atomic E-state index is 13.0. The third kappa shape index (κ3) is 4.52. The third-order valence-corrected chi connectivity index (χ3v) is 7.56. The molecule has 2 fully saturated rings. The molecule has 8 heteroatoms. The van der Waals surface area contributed by atoms with E-state index in [4.69, 9.17) is 0 Å². The molecule has 182 valence electrons. The summed E-state index contributed by atoms with van der Waals surface area (Å²) in [6, 6.07) is 17.5. The fourth-order valence-electron chi connectivity index (χ4n) is 5.62. The van der Waals surface area contributed by atoms with Gasteiger partial charge in [0.15, 0.2) is 0 Å². The Balaban J connectivity index is 1.21. The van der Waals surface area contributed by atoms with Crippen molar-refractivity contribution in [2.24, 2.45) is 5.92 Å². The fourth-order valence-corrected chi connectivity index (χ4v) is 5.62. The summed E-state index contributed by atoms with van der Waals surface area (Å²) in [6.45, 7) is 3.73. The highest BCUT2D eigenvalue weighted by Gasteiger charge is 2.51. The van der Waals surface area contributed by atoms with E-state index in [1.54, 1.807) is 0 Å². The molecule has 8 nitrogen and oxygen atoms in total. The van der Waals surface area contributed by atoms with Gasteiger partial charge >= 0.3 is 6.03 Å². The molecule has 3 aromatic rings. The van der Waals surface area contributed by atoms with Gasteiger partial charge in [0.1, 0.15) is 11.4 Å². The fraction of sp³-hybridized carbons (Fsp3) is 0.407. The molecule has 2 N–H and O–H groups in total. The van der Waals surface area contributed by atoms with Gasteiger partial charge in [-0.05, 0) is 56.2 Å². The van der Waals surface area contributed by atoms with E-state index < -0.39 is 11.6 Å². The Kier molecular flexibility index (Phi) is 6.28. The Bertz CT molecular complexity index is 1250. The summed E-state index contributed by atoms with van der Waals surface area (Å²) in [5.41, 5.74) is 2.20. The van der Waals surface area contributed by atoms with Crippen LogP contribution in [0.3, 0.4) is 0 Å². The van der Waals surface area contributed by atoms with Crippen molar-refractivity contribution in [1.29, 1.82) is 0 Å². The van der Waals surface area contributed by atoms with Gasteiger partial charge in [-0.1, -0.05) is 42.5 Å². The predicted octanol–water partition coefficient (Wildman–Crippen LogP) is 3.18. The Morgan fingerprint density at radius 2 is 1.77 bits per heavy atom. The number of likely N-dealkylation sites (tertiary alicyclic amines) is 1. The largest absolute Gasteiger partial charge is 0.343 e. The van der Waals surface area contributed by atoms with E-state index in [1.807, 2.05) is 66.4 Å². The lowest BCUT2D eigenvalue weighted by Gasteiger charge is -2.40. The summed E-state index contributed by atoms with van der Waals surface area (Å²) in [7, 11) is 0. The van der Waals surface area contributed by atoms with E-state index in [-0.39, 0.29) is 17.7 Å². The van der Waals surface area contributed by atoms with Crippen LogP contribution in [0.2, 0.25) is 0 Å². The lowest BCUT2D eigenvalue weighted by molar-refractivity contribution is -0.134. The number of imide groups is 1. The van der Waals surface area contributed by atoms with Gasteiger partial charge in [-0.3, -0.25) is 14.9 Å². The molecule has 1 unspecified atom stereocenters. The summed E-state index contributed by atoms with van der Waals surface area (Å²) >= 11 is 0. The van der Waals surface area contributed by atoms with Crippen molar-refractivity contribution >= 4 is 28.9 Å². The normalized spacial score (nSPS) is 20.8. The van der Waals surface area contributed by atoms with E-state index in [9.17, 15) is 14.4 Å². The van der Waals surface area contributed by atoms with Crippen LogP contribution < -0.4 is 10.6 Å². The summed E-state index contributed by atoms with van der Waals surface area (Å²) < 4.78 is 2.09. The molecule has 0 aliphatic carbocycles. The van der Waals surface area contributed by atoms with Crippen LogP contribution in [0.5, 0.6) is 0 Å². The number of nitrogens with zero attached hydrogens (tertiary/aromatic N) is 3. The van der Waals surface area contributed by atoms with Crippen molar-refractivity contribution in [2.45, 2.75) is 51.1 Å². The molecule has 2 saturated heterocycles. The summed E-state index contributed by atoms with van der Waals surface area (Å²) in [5.74, 6) is 0.757. The topological polar surface area (TPSA) is 96.3 Å². The number of piperidine rings is 1. The number of carbonyl (C=O) groups is 3. The van der Waals surface area contributed by atoms with Gasteiger partial charge in [0.25, 0.3) is 5.91 Å². The first-order valence-corrected chi connectivity index (χ1v) is 12.3. The number of hydrogen-bond acceptors (Lipinski definition) is 4. The number of carbonyl (C=O) groups excluding carboxylic acids is 3. The van der Waals surface area contributed by atoms with Crippen LogP contribution in [0.25, 0.3) is 11.0 Å². The van der Waals surface area contributed by atoms with Crippen LogP contribution in [0.4, 0.5) is 4.79 Å². The van der Waals surface area contributed by atoms with Crippen molar-refractivity contribution < 1.29 is 14.4 Å². The quantitative estimate of drug-likeness (QED) is 0.515. The van der Waals surface area contributed by atoms with Crippen LogP contribution in [0.15, 0.2) is 54.6 Å². The molecular formula is C27H31N5O3. The molecule has 0 spiro atoms. The average Bonchev–Trinajstić information content (AvgIpc) is 3.36. The number of nitrogens with one attached hydrogen (secondary N) is 2.